The van der Waals surface area contributed by atoms with E-state index >= 15 is 0 Å². The minimum atomic E-state index is -0.306. The lowest BCUT2D eigenvalue weighted by molar-refractivity contribution is 0.0535. The molecule has 0 bridgehead atoms. The average Bonchev–Trinajstić information content (AvgIpc) is 3.07. The summed E-state index contributed by atoms with van der Waals surface area (Å²) in [4.78, 5) is 28.4. The SMILES string of the molecule is Cc1c(C(=O)N2CCN(C(=O)OCC(C)C)CC2)cnn1-c1cccc(Br)c1. The average molecular weight is 449 g/mol. The molecule has 3 rings (SSSR count). The van der Waals surface area contributed by atoms with Gasteiger partial charge in [0.15, 0.2) is 0 Å². The summed E-state index contributed by atoms with van der Waals surface area (Å²) in [5, 5.41) is 4.39. The molecule has 7 nitrogen and oxygen atoms in total. The van der Waals surface area contributed by atoms with E-state index in [4.69, 9.17) is 4.74 Å². The van der Waals surface area contributed by atoms with Crippen LogP contribution in [0.1, 0.15) is 29.9 Å². The van der Waals surface area contributed by atoms with E-state index in [0.29, 0.717) is 44.3 Å². The molecule has 150 valence electrons. The van der Waals surface area contributed by atoms with E-state index in [0.717, 1.165) is 15.9 Å². The van der Waals surface area contributed by atoms with E-state index in [9.17, 15) is 9.59 Å². The van der Waals surface area contributed by atoms with Gasteiger partial charge in [0.25, 0.3) is 5.91 Å². The summed E-state index contributed by atoms with van der Waals surface area (Å²) >= 11 is 3.46. The summed E-state index contributed by atoms with van der Waals surface area (Å²) in [5.74, 6) is 0.241. The number of hydrogen-bond donors (Lipinski definition) is 0. The molecule has 1 fully saturated rings. The maximum Gasteiger partial charge on any atom is 0.409 e. The summed E-state index contributed by atoms with van der Waals surface area (Å²) in [6.07, 6.45) is 1.31. The Kier molecular flexibility index (Phi) is 6.39. The van der Waals surface area contributed by atoms with Crippen LogP contribution in [-0.4, -0.2) is 64.4 Å². The van der Waals surface area contributed by atoms with E-state index in [1.807, 2.05) is 45.0 Å². The second kappa shape index (κ2) is 8.77. The largest absolute Gasteiger partial charge is 0.449 e. The first-order valence-corrected chi connectivity index (χ1v) is 10.2. The maximum atomic E-state index is 13.0. The molecule has 1 aromatic heterocycles. The predicted molar refractivity (Wildman–Crippen MR) is 110 cm³/mol. The molecule has 2 heterocycles. The Morgan fingerprint density at radius 2 is 1.86 bits per heavy atom. The van der Waals surface area contributed by atoms with Gasteiger partial charge in [0.1, 0.15) is 0 Å². The molecule has 1 aliphatic rings. The number of amides is 2. The van der Waals surface area contributed by atoms with Crippen LogP contribution < -0.4 is 0 Å². The van der Waals surface area contributed by atoms with Crippen molar-refractivity contribution in [1.29, 1.82) is 0 Å². The third-order valence-corrected chi connectivity index (χ3v) is 5.15. The van der Waals surface area contributed by atoms with Gasteiger partial charge in [0.2, 0.25) is 0 Å². The van der Waals surface area contributed by atoms with Crippen molar-refractivity contribution in [2.24, 2.45) is 5.92 Å². The number of halogens is 1. The van der Waals surface area contributed by atoms with Gasteiger partial charge in [0, 0.05) is 30.7 Å². The maximum absolute atomic E-state index is 13.0. The Hall–Kier alpha value is -2.35. The van der Waals surface area contributed by atoms with Gasteiger partial charge in [-0.3, -0.25) is 4.79 Å². The van der Waals surface area contributed by atoms with Crippen LogP contribution in [0.2, 0.25) is 0 Å². The molecule has 1 aromatic carbocycles. The number of carbonyl (C=O) groups is 2. The third kappa shape index (κ3) is 4.55. The fourth-order valence-corrected chi connectivity index (χ4v) is 3.47. The van der Waals surface area contributed by atoms with Crippen LogP contribution >= 0.6 is 15.9 Å². The van der Waals surface area contributed by atoms with Crippen LogP contribution in [0.5, 0.6) is 0 Å². The minimum absolute atomic E-state index is 0.0612. The zero-order chi connectivity index (χ0) is 20.3. The standard InChI is InChI=1S/C20H25BrN4O3/c1-14(2)13-28-20(27)24-9-7-23(8-10-24)19(26)18-12-22-25(15(18)3)17-6-4-5-16(21)11-17/h4-6,11-12,14H,7-10,13H2,1-3H3. The highest BCUT2D eigenvalue weighted by Gasteiger charge is 2.27. The summed E-state index contributed by atoms with van der Waals surface area (Å²) in [6.45, 7) is 8.21. The van der Waals surface area contributed by atoms with Crippen molar-refractivity contribution < 1.29 is 14.3 Å². The van der Waals surface area contributed by atoms with Crippen molar-refractivity contribution in [3.63, 3.8) is 0 Å². The van der Waals surface area contributed by atoms with Crippen molar-refractivity contribution in [2.45, 2.75) is 20.8 Å². The third-order valence-electron chi connectivity index (χ3n) is 4.66. The Bertz CT molecular complexity index is 857. The number of hydrogen-bond acceptors (Lipinski definition) is 4. The molecule has 1 aliphatic heterocycles. The van der Waals surface area contributed by atoms with Crippen LogP contribution in [0, 0.1) is 12.8 Å². The lowest BCUT2D eigenvalue weighted by Crippen LogP contribution is -2.50. The molecule has 0 atom stereocenters. The lowest BCUT2D eigenvalue weighted by Gasteiger charge is -2.34. The Morgan fingerprint density at radius 3 is 2.50 bits per heavy atom. The molecule has 0 aliphatic carbocycles. The highest BCUT2D eigenvalue weighted by atomic mass is 79.9. The second-order valence-electron chi connectivity index (χ2n) is 7.29. The number of piperazine rings is 1. The molecule has 0 radical (unpaired) electrons. The van der Waals surface area contributed by atoms with E-state index in [-0.39, 0.29) is 12.0 Å². The molecular weight excluding hydrogens is 424 g/mol. The molecule has 0 unspecified atom stereocenters. The minimum Gasteiger partial charge on any atom is -0.449 e. The van der Waals surface area contributed by atoms with Gasteiger partial charge in [0.05, 0.1) is 29.7 Å². The zero-order valence-corrected chi connectivity index (χ0v) is 18.0. The van der Waals surface area contributed by atoms with Crippen LogP contribution in [0.4, 0.5) is 4.79 Å². The molecule has 0 N–H and O–H groups in total. The number of rotatable bonds is 4. The normalized spacial score (nSPS) is 14.5. The first-order valence-electron chi connectivity index (χ1n) is 9.38. The van der Waals surface area contributed by atoms with Gasteiger partial charge in [-0.1, -0.05) is 35.8 Å². The van der Waals surface area contributed by atoms with Gasteiger partial charge in [-0.15, -0.1) is 0 Å². The van der Waals surface area contributed by atoms with Crippen LogP contribution in [0.15, 0.2) is 34.9 Å². The molecule has 8 heteroatoms. The van der Waals surface area contributed by atoms with E-state index in [1.54, 1.807) is 20.7 Å². The smallest absolute Gasteiger partial charge is 0.409 e. The predicted octanol–water partition coefficient (Wildman–Crippen LogP) is 3.49. The molecule has 0 spiro atoms. The van der Waals surface area contributed by atoms with Gasteiger partial charge in [-0.2, -0.15) is 5.10 Å². The second-order valence-corrected chi connectivity index (χ2v) is 8.20. The fraction of sp³-hybridized carbons (Fsp3) is 0.450. The van der Waals surface area contributed by atoms with Crippen LogP contribution in [-0.2, 0) is 4.74 Å². The monoisotopic (exact) mass is 448 g/mol. The van der Waals surface area contributed by atoms with Crippen molar-refractivity contribution in [2.75, 3.05) is 32.8 Å². The first kappa shape index (κ1) is 20.4. The van der Waals surface area contributed by atoms with Gasteiger partial charge in [-0.05, 0) is 31.0 Å². The fourth-order valence-electron chi connectivity index (χ4n) is 3.08. The Morgan fingerprint density at radius 1 is 1.18 bits per heavy atom. The summed E-state index contributed by atoms with van der Waals surface area (Å²) in [6, 6.07) is 7.77. The van der Waals surface area contributed by atoms with Crippen LogP contribution in [0.3, 0.4) is 0 Å². The van der Waals surface area contributed by atoms with Gasteiger partial charge < -0.3 is 14.5 Å². The Labute approximate surface area is 173 Å². The quantitative estimate of drug-likeness (QED) is 0.717. The van der Waals surface area contributed by atoms with E-state index < -0.39 is 0 Å². The van der Waals surface area contributed by atoms with E-state index in [2.05, 4.69) is 21.0 Å². The highest BCUT2D eigenvalue weighted by molar-refractivity contribution is 9.10. The van der Waals surface area contributed by atoms with Crippen molar-refractivity contribution >= 4 is 27.9 Å². The number of ether oxygens (including phenoxy) is 1. The summed E-state index contributed by atoms with van der Waals surface area (Å²) < 4.78 is 7.98. The van der Waals surface area contributed by atoms with Crippen molar-refractivity contribution in [3.05, 3.63) is 46.2 Å². The molecular formula is C20H25BrN4O3. The molecule has 2 amide bonds. The van der Waals surface area contributed by atoms with Gasteiger partial charge in [-0.25, -0.2) is 9.48 Å². The van der Waals surface area contributed by atoms with Crippen molar-refractivity contribution in [1.82, 2.24) is 19.6 Å². The molecule has 0 saturated carbocycles. The van der Waals surface area contributed by atoms with Gasteiger partial charge >= 0.3 is 6.09 Å². The summed E-state index contributed by atoms with van der Waals surface area (Å²) in [7, 11) is 0. The number of aromatic nitrogens is 2. The van der Waals surface area contributed by atoms with Crippen LogP contribution in [0.25, 0.3) is 5.69 Å². The molecule has 1 saturated heterocycles. The zero-order valence-electron chi connectivity index (χ0n) is 16.4. The number of benzene rings is 1. The topological polar surface area (TPSA) is 67.7 Å². The first-order chi connectivity index (χ1) is 13.4. The number of carbonyl (C=O) groups excluding carboxylic acids is 2. The highest BCUT2D eigenvalue weighted by Crippen LogP contribution is 2.20. The lowest BCUT2D eigenvalue weighted by atomic mass is 10.2. The summed E-state index contributed by atoms with van der Waals surface area (Å²) in [5.41, 5.74) is 2.27. The van der Waals surface area contributed by atoms with E-state index in [1.165, 1.54) is 0 Å². The Balaban J connectivity index is 1.64. The molecule has 2 aromatic rings. The van der Waals surface area contributed by atoms with Crippen molar-refractivity contribution in [3.8, 4) is 5.69 Å². The molecule has 28 heavy (non-hydrogen) atoms. The number of nitrogens with zero attached hydrogens (tertiary/aromatic N) is 4.